The van der Waals surface area contributed by atoms with Crippen LogP contribution in [-0.2, 0) is 13.0 Å². The van der Waals surface area contributed by atoms with Crippen molar-refractivity contribution in [1.29, 1.82) is 0 Å². The molecule has 1 N–H and O–H groups in total. The number of amides is 1. The molecule has 7 heteroatoms. The highest BCUT2D eigenvalue weighted by Gasteiger charge is 2.17. The SMILES string of the molecule is O=C(NCc1ccccc1)c1nnc(Cc2ccc3c(c2)OCO3)o1. The molecule has 0 unspecified atom stereocenters. The molecule has 1 aromatic heterocycles. The molecular weight excluding hydrogens is 322 g/mol. The molecule has 0 saturated carbocycles. The summed E-state index contributed by atoms with van der Waals surface area (Å²) in [4.78, 5) is 12.1. The second kappa shape index (κ2) is 6.64. The number of carbonyl (C=O) groups excluding carboxylic acids is 1. The van der Waals surface area contributed by atoms with E-state index in [0.29, 0.717) is 24.6 Å². The molecule has 0 aliphatic carbocycles. The van der Waals surface area contributed by atoms with Crippen LogP contribution in [0.4, 0.5) is 0 Å². The lowest BCUT2D eigenvalue weighted by Crippen LogP contribution is -2.23. The average Bonchev–Trinajstić information content (AvgIpc) is 3.29. The number of nitrogens with one attached hydrogen (secondary N) is 1. The quantitative estimate of drug-likeness (QED) is 0.769. The van der Waals surface area contributed by atoms with Gasteiger partial charge in [0.1, 0.15) is 0 Å². The summed E-state index contributed by atoms with van der Waals surface area (Å²) in [7, 11) is 0. The Bertz CT molecular complexity index is 892. The minimum atomic E-state index is -0.395. The molecule has 25 heavy (non-hydrogen) atoms. The third-order valence-electron chi connectivity index (χ3n) is 3.75. The predicted molar refractivity (Wildman–Crippen MR) is 87.3 cm³/mol. The number of fused-ring (bicyclic) bond motifs is 1. The number of aromatic nitrogens is 2. The zero-order valence-corrected chi connectivity index (χ0v) is 13.3. The zero-order chi connectivity index (χ0) is 17.1. The maximum absolute atomic E-state index is 12.1. The molecular formula is C18H15N3O4. The number of ether oxygens (including phenoxy) is 2. The minimum Gasteiger partial charge on any atom is -0.454 e. The highest BCUT2D eigenvalue weighted by atomic mass is 16.7. The van der Waals surface area contributed by atoms with Gasteiger partial charge in [0.25, 0.3) is 0 Å². The van der Waals surface area contributed by atoms with Crippen molar-refractivity contribution in [2.24, 2.45) is 0 Å². The van der Waals surface area contributed by atoms with E-state index < -0.39 is 5.91 Å². The Morgan fingerprint density at radius 1 is 1.00 bits per heavy atom. The van der Waals surface area contributed by atoms with Gasteiger partial charge in [-0.1, -0.05) is 36.4 Å². The Labute approximate surface area is 143 Å². The fraction of sp³-hybridized carbons (Fsp3) is 0.167. The number of hydrogen-bond acceptors (Lipinski definition) is 6. The number of benzene rings is 2. The van der Waals surface area contributed by atoms with Crippen LogP contribution >= 0.6 is 0 Å². The van der Waals surface area contributed by atoms with Gasteiger partial charge in [-0.25, -0.2) is 0 Å². The van der Waals surface area contributed by atoms with Crippen LogP contribution < -0.4 is 14.8 Å². The van der Waals surface area contributed by atoms with Gasteiger partial charge in [-0.3, -0.25) is 4.79 Å². The van der Waals surface area contributed by atoms with Crippen LogP contribution in [-0.4, -0.2) is 22.9 Å². The molecule has 4 rings (SSSR count). The monoisotopic (exact) mass is 337 g/mol. The average molecular weight is 337 g/mol. The fourth-order valence-electron chi connectivity index (χ4n) is 2.50. The minimum absolute atomic E-state index is 0.0494. The van der Waals surface area contributed by atoms with E-state index in [-0.39, 0.29) is 12.7 Å². The second-order valence-corrected chi connectivity index (χ2v) is 5.53. The van der Waals surface area contributed by atoms with Crippen molar-refractivity contribution in [3.63, 3.8) is 0 Å². The summed E-state index contributed by atoms with van der Waals surface area (Å²) in [6.07, 6.45) is 0.412. The lowest BCUT2D eigenvalue weighted by molar-refractivity contribution is 0.0914. The van der Waals surface area contributed by atoms with Crippen molar-refractivity contribution in [3.8, 4) is 11.5 Å². The molecule has 126 valence electrons. The summed E-state index contributed by atoms with van der Waals surface area (Å²) in [5.74, 6) is 1.33. The largest absolute Gasteiger partial charge is 0.454 e. The summed E-state index contributed by atoms with van der Waals surface area (Å²) in [5.41, 5.74) is 1.93. The van der Waals surface area contributed by atoms with E-state index >= 15 is 0 Å². The van der Waals surface area contributed by atoms with Crippen LogP contribution in [0.3, 0.4) is 0 Å². The predicted octanol–water partition coefficient (Wildman–Crippen LogP) is 2.32. The van der Waals surface area contributed by atoms with E-state index in [4.69, 9.17) is 13.9 Å². The van der Waals surface area contributed by atoms with Crippen LogP contribution in [0, 0.1) is 0 Å². The summed E-state index contributed by atoms with van der Waals surface area (Å²) < 4.78 is 16.1. The van der Waals surface area contributed by atoms with Crippen LogP contribution in [0.2, 0.25) is 0 Å². The fourth-order valence-corrected chi connectivity index (χ4v) is 2.50. The molecule has 7 nitrogen and oxygen atoms in total. The Balaban J connectivity index is 1.39. The summed E-state index contributed by atoms with van der Waals surface area (Å²) >= 11 is 0. The van der Waals surface area contributed by atoms with Gasteiger partial charge >= 0.3 is 11.8 Å². The molecule has 1 aliphatic rings. The van der Waals surface area contributed by atoms with Gasteiger partial charge in [-0.05, 0) is 23.3 Å². The molecule has 0 spiro atoms. The highest BCUT2D eigenvalue weighted by molar-refractivity contribution is 5.89. The van der Waals surface area contributed by atoms with Gasteiger partial charge in [0.05, 0.1) is 6.42 Å². The molecule has 2 aromatic carbocycles. The van der Waals surface area contributed by atoms with Crippen molar-refractivity contribution in [2.45, 2.75) is 13.0 Å². The van der Waals surface area contributed by atoms with E-state index in [1.54, 1.807) is 0 Å². The van der Waals surface area contributed by atoms with E-state index in [1.807, 2.05) is 48.5 Å². The molecule has 1 amide bonds. The van der Waals surface area contributed by atoms with Crippen molar-refractivity contribution < 1.29 is 18.7 Å². The van der Waals surface area contributed by atoms with Gasteiger partial charge < -0.3 is 19.2 Å². The first-order valence-electron chi connectivity index (χ1n) is 7.81. The molecule has 0 saturated heterocycles. The van der Waals surface area contributed by atoms with E-state index in [9.17, 15) is 4.79 Å². The Morgan fingerprint density at radius 3 is 2.72 bits per heavy atom. The van der Waals surface area contributed by atoms with Crippen molar-refractivity contribution in [1.82, 2.24) is 15.5 Å². The van der Waals surface area contributed by atoms with Crippen LogP contribution in [0.25, 0.3) is 0 Å². The third-order valence-corrected chi connectivity index (χ3v) is 3.75. The number of rotatable bonds is 5. The number of nitrogens with zero attached hydrogens (tertiary/aromatic N) is 2. The normalized spacial score (nSPS) is 12.2. The van der Waals surface area contributed by atoms with E-state index in [0.717, 1.165) is 16.9 Å². The number of carbonyl (C=O) groups is 1. The first kappa shape index (κ1) is 15.2. The second-order valence-electron chi connectivity index (χ2n) is 5.53. The van der Waals surface area contributed by atoms with Crippen LogP contribution in [0.15, 0.2) is 52.9 Å². The van der Waals surface area contributed by atoms with Gasteiger partial charge in [-0.15, -0.1) is 10.2 Å². The first-order valence-corrected chi connectivity index (χ1v) is 7.81. The van der Waals surface area contributed by atoms with Crippen molar-refractivity contribution in [2.75, 3.05) is 6.79 Å². The standard InChI is InChI=1S/C18H15N3O4/c22-17(19-10-12-4-2-1-3-5-12)18-21-20-16(25-18)9-13-6-7-14-15(8-13)24-11-23-14/h1-8H,9-11H2,(H,19,22). The molecule has 1 aliphatic heterocycles. The summed E-state index contributed by atoms with van der Waals surface area (Å²) in [5, 5.41) is 10.5. The Hall–Kier alpha value is -3.35. The maximum atomic E-state index is 12.1. The lowest BCUT2D eigenvalue weighted by atomic mass is 10.1. The molecule has 0 fully saturated rings. The van der Waals surface area contributed by atoms with Gasteiger partial charge in [0.15, 0.2) is 11.5 Å². The third kappa shape index (κ3) is 3.45. The number of hydrogen-bond donors (Lipinski definition) is 1. The Kier molecular flexibility index (Phi) is 4.04. The molecule has 0 bridgehead atoms. The highest BCUT2D eigenvalue weighted by Crippen LogP contribution is 2.32. The van der Waals surface area contributed by atoms with Crippen molar-refractivity contribution >= 4 is 5.91 Å². The van der Waals surface area contributed by atoms with Gasteiger partial charge in [-0.2, -0.15) is 0 Å². The zero-order valence-electron chi connectivity index (χ0n) is 13.3. The Morgan fingerprint density at radius 2 is 1.84 bits per heavy atom. The lowest BCUT2D eigenvalue weighted by Gasteiger charge is -2.02. The first-order chi connectivity index (χ1) is 12.3. The maximum Gasteiger partial charge on any atom is 0.309 e. The smallest absolute Gasteiger partial charge is 0.309 e. The molecule has 3 aromatic rings. The van der Waals surface area contributed by atoms with E-state index in [2.05, 4.69) is 15.5 Å². The van der Waals surface area contributed by atoms with Crippen LogP contribution in [0.5, 0.6) is 11.5 Å². The molecule has 0 radical (unpaired) electrons. The van der Waals surface area contributed by atoms with E-state index in [1.165, 1.54) is 0 Å². The summed E-state index contributed by atoms with van der Waals surface area (Å²) in [6, 6.07) is 15.2. The van der Waals surface area contributed by atoms with Crippen molar-refractivity contribution in [3.05, 3.63) is 71.4 Å². The van der Waals surface area contributed by atoms with Gasteiger partial charge in [0.2, 0.25) is 12.7 Å². The topological polar surface area (TPSA) is 86.5 Å². The summed E-state index contributed by atoms with van der Waals surface area (Å²) in [6.45, 7) is 0.630. The molecule has 0 atom stereocenters. The molecule has 2 heterocycles. The van der Waals surface area contributed by atoms with Gasteiger partial charge in [0, 0.05) is 6.54 Å². The van der Waals surface area contributed by atoms with Crippen LogP contribution in [0.1, 0.15) is 27.7 Å².